The summed E-state index contributed by atoms with van der Waals surface area (Å²) in [5.41, 5.74) is 1.69. The van der Waals surface area contributed by atoms with Gasteiger partial charge in [-0.2, -0.15) is 0 Å². The van der Waals surface area contributed by atoms with Crippen molar-refractivity contribution in [1.82, 2.24) is 0 Å². The number of hydrogen-bond acceptors (Lipinski definition) is 0. The zero-order chi connectivity index (χ0) is 13.6. The molecule has 0 aliphatic carbocycles. The molecule has 0 saturated carbocycles. The van der Waals surface area contributed by atoms with Crippen LogP contribution < -0.4 is 0 Å². The standard InChI is InChI=1S/C16H33B/c1-9-11-16(10-2)17(14(7)12(3)4)15(8)13(5)6/h11-15H,9-10H2,1-8H3/b16-11-. The average molecular weight is 236 g/mol. The summed E-state index contributed by atoms with van der Waals surface area (Å²) in [6.45, 7) is 19.7. The molecule has 100 valence electrons. The zero-order valence-corrected chi connectivity index (χ0v) is 13.4. The van der Waals surface area contributed by atoms with Gasteiger partial charge in [0.15, 0.2) is 6.71 Å². The molecule has 2 atom stereocenters. The predicted molar refractivity (Wildman–Crippen MR) is 82.9 cm³/mol. The summed E-state index contributed by atoms with van der Waals surface area (Å²) < 4.78 is 0. The molecular formula is C16H33B. The zero-order valence-electron chi connectivity index (χ0n) is 13.4. The SMILES string of the molecule is CC/C=C(/CC)B(C(C)C(C)C)C(C)C(C)C. The first-order valence-corrected chi connectivity index (χ1v) is 7.55. The van der Waals surface area contributed by atoms with E-state index in [1.807, 2.05) is 0 Å². The maximum atomic E-state index is 2.47. The molecule has 0 aromatic heterocycles. The second-order valence-electron chi connectivity index (χ2n) is 6.27. The fraction of sp³-hybridized carbons (Fsp3) is 0.875. The van der Waals surface area contributed by atoms with Gasteiger partial charge in [0.1, 0.15) is 0 Å². The van der Waals surface area contributed by atoms with E-state index < -0.39 is 0 Å². The van der Waals surface area contributed by atoms with Gasteiger partial charge in [-0.3, -0.25) is 0 Å². The molecule has 2 unspecified atom stereocenters. The summed E-state index contributed by atoms with van der Waals surface area (Å²) in [5.74, 6) is 3.11. The molecule has 0 radical (unpaired) electrons. The second kappa shape index (κ2) is 8.00. The van der Waals surface area contributed by atoms with E-state index in [9.17, 15) is 0 Å². The molecule has 0 rings (SSSR count). The lowest BCUT2D eigenvalue weighted by atomic mass is 9.27. The molecule has 0 fully saturated rings. The molecule has 0 heterocycles. The first kappa shape index (κ1) is 16.8. The topological polar surface area (TPSA) is 0 Å². The lowest BCUT2D eigenvalue weighted by molar-refractivity contribution is 0.563. The lowest BCUT2D eigenvalue weighted by Gasteiger charge is -2.33. The highest BCUT2D eigenvalue weighted by molar-refractivity contribution is 6.69. The Morgan fingerprint density at radius 1 is 0.882 bits per heavy atom. The van der Waals surface area contributed by atoms with E-state index >= 15 is 0 Å². The maximum absolute atomic E-state index is 2.47. The third kappa shape index (κ3) is 4.90. The van der Waals surface area contributed by atoms with Crippen molar-refractivity contribution in [2.45, 2.75) is 79.9 Å². The van der Waals surface area contributed by atoms with E-state index in [1.54, 1.807) is 5.47 Å². The van der Waals surface area contributed by atoms with E-state index in [-0.39, 0.29) is 0 Å². The molecule has 0 N–H and O–H groups in total. The molecule has 0 aromatic rings. The summed E-state index contributed by atoms with van der Waals surface area (Å²) in [7, 11) is 0. The van der Waals surface area contributed by atoms with Crippen LogP contribution in [0.25, 0.3) is 0 Å². The smallest absolute Gasteiger partial charge is 0.105 e. The molecule has 0 spiro atoms. The van der Waals surface area contributed by atoms with Crippen LogP contribution in [-0.4, -0.2) is 6.71 Å². The van der Waals surface area contributed by atoms with E-state index in [0.717, 1.165) is 30.2 Å². The summed E-state index contributed by atoms with van der Waals surface area (Å²) in [6.07, 6.45) is 4.87. The third-order valence-corrected chi connectivity index (χ3v) is 4.54. The van der Waals surface area contributed by atoms with Gasteiger partial charge in [0.05, 0.1) is 0 Å². The summed E-state index contributed by atoms with van der Waals surface area (Å²) in [5, 5.41) is 0. The van der Waals surface area contributed by atoms with Crippen LogP contribution in [0.5, 0.6) is 0 Å². The van der Waals surface area contributed by atoms with Crippen LogP contribution in [0.3, 0.4) is 0 Å². The molecule has 0 bridgehead atoms. The van der Waals surface area contributed by atoms with Gasteiger partial charge in [-0.05, 0) is 12.8 Å². The highest BCUT2D eigenvalue weighted by atomic mass is 14.1. The van der Waals surface area contributed by atoms with Gasteiger partial charge in [0.25, 0.3) is 0 Å². The summed E-state index contributed by atoms with van der Waals surface area (Å²) in [4.78, 5) is 0. The lowest BCUT2D eigenvalue weighted by Crippen LogP contribution is -2.32. The molecule has 0 saturated heterocycles. The fourth-order valence-corrected chi connectivity index (χ4v) is 2.76. The second-order valence-corrected chi connectivity index (χ2v) is 6.27. The number of hydrogen-bond donors (Lipinski definition) is 0. The molecule has 0 aliphatic heterocycles. The van der Waals surface area contributed by atoms with E-state index in [2.05, 4.69) is 61.5 Å². The van der Waals surface area contributed by atoms with Crippen molar-refractivity contribution < 1.29 is 0 Å². The Morgan fingerprint density at radius 3 is 1.53 bits per heavy atom. The van der Waals surface area contributed by atoms with Crippen molar-refractivity contribution in [3.63, 3.8) is 0 Å². The van der Waals surface area contributed by atoms with Crippen molar-refractivity contribution in [2.24, 2.45) is 11.8 Å². The minimum atomic E-state index is 0.764. The van der Waals surface area contributed by atoms with Crippen LogP contribution in [0, 0.1) is 11.8 Å². The van der Waals surface area contributed by atoms with Gasteiger partial charge in [-0.15, -0.1) is 5.47 Å². The monoisotopic (exact) mass is 236 g/mol. The van der Waals surface area contributed by atoms with E-state index in [1.165, 1.54) is 12.8 Å². The van der Waals surface area contributed by atoms with Gasteiger partial charge in [-0.1, -0.05) is 84.9 Å². The fourth-order valence-electron chi connectivity index (χ4n) is 2.76. The number of rotatable bonds is 7. The maximum Gasteiger partial charge on any atom is 0.176 e. The highest BCUT2D eigenvalue weighted by Crippen LogP contribution is 2.37. The normalized spacial score (nSPS) is 16.5. The first-order chi connectivity index (χ1) is 7.86. The van der Waals surface area contributed by atoms with Crippen LogP contribution >= 0.6 is 0 Å². The Balaban J connectivity index is 5.15. The third-order valence-electron chi connectivity index (χ3n) is 4.54. The van der Waals surface area contributed by atoms with Gasteiger partial charge in [0, 0.05) is 0 Å². The minimum Gasteiger partial charge on any atom is -0.105 e. The Kier molecular flexibility index (Phi) is 7.91. The summed E-state index contributed by atoms with van der Waals surface area (Å²) in [6, 6.07) is 0. The van der Waals surface area contributed by atoms with Crippen LogP contribution in [0.4, 0.5) is 0 Å². The Labute approximate surface area is 110 Å². The van der Waals surface area contributed by atoms with Crippen LogP contribution in [0.2, 0.25) is 11.6 Å². The van der Waals surface area contributed by atoms with E-state index in [0.29, 0.717) is 0 Å². The molecule has 0 aromatic carbocycles. The van der Waals surface area contributed by atoms with Crippen molar-refractivity contribution in [3.05, 3.63) is 11.5 Å². The van der Waals surface area contributed by atoms with Gasteiger partial charge < -0.3 is 0 Å². The largest absolute Gasteiger partial charge is 0.176 e. The predicted octanol–water partition coefficient (Wildman–Crippen LogP) is 5.86. The molecular weight excluding hydrogens is 203 g/mol. The Hall–Kier alpha value is -0.195. The first-order valence-electron chi connectivity index (χ1n) is 7.55. The molecule has 0 amide bonds. The van der Waals surface area contributed by atoms with Crippen molar-refractivity contribution in [2.75, 3.05) is 0 Å². The molecule has 0 nitrogen and oxygen atoms in total. The van der Waals surface area contributed by atoms with Crippen molar-refractivity contribution in [1.29, 1.82) is 0 Å². The van der Waals surface area contributed by atoms with Crippen LogP contribution in [-0.2, 0) is 0 Å². The van der Waals surface area contributed by atoms with Gasteiger partial charge in [-0.25, -0.2) is 0 Å². The minimum absolute atomic E-state index is 0.764. The van der Waals surface area contributed by atoms with Crippen LogP contribution in [0.15, 0.2) is 11.5 Å². The van der Waals surface area contributed by atoms with Crippen LogP contribution in [0.1, 0.15) is 68.2 Å². The van der Waals surface area contributed by atoms with Gasteiger partial charge in [0.2, 0.25) is 0 Å². The van der Waals surface area contributed by atoms with Crippen molar-refractivity contribution in [3.8, 4) is 0 Å². The van der Waals surface area contributed by atoms with Gasteiger partial charge >= 0.3 is 0 Å². The average Bonchev–Trinajstić information content (AvgIpc) is 2.27. The number of allylic oxidation sites excluding steroid dienone is 2. The Bertz CT molecular complexity index is 214. The quantitative estimate of drug-likeness (QED) is 0.486. The van der Waals surface area contributed by atoms with Crippen molar-refractivity contribution >= 4 is 6.71 Å². The molecule has 1 heteroatoms. The summed E-state index contributed by atoms with van der Waals surface area (Å²) >= 11 is 0. The highest BCUT2D eigenvalue weighted by Gasteiger charge is 2.33. The van der Waals surface area contributed by atoms with E-state index in [4.69, 9.17) is 0 Å². The Morgan fingerprint density at radius 2 is 1.29 bits per heavy atom. The molecule has 0 aliphatic rings. The molecule has 17 heavy (non-hydrogen) atoms.